The maximum atomic E-state index is 14.2. The molecule has 12 heteroatoms. The molecule has 3 heterocycles. The zero-order chi connectivity index (χ0) is 30.9. The van der Waals surface area contributed by atoms with Crippen LogP contribution in [0.1, 0.15) is 70.7 Å². The van der Waals surface area contributed by atoms with Crippen molar-refractivity contribution in [3.63, 3.8) is 0 Å². The van der Waals surface area contributed by atoms with Gasteiger partial charge in [0.1, 0.15) is 17.9 Å². The Hall–Kier alpha value is -3.38. The van der Waals surface area contributed by atoms with E-state index in [-0.39, 0.29) is 41.0 Å². The highest BCUT2D eigenvalue weighted by atomic mass is 19.1. The van der Waals surface area contributed by atoms with Gasteiger partial charge in [-0.3, -0.25) is 14.5 Å². The normalized spacial score (nSPS) is 16.6. The number of nitrogens with zero attached hydrogens (tertiary/aromatic N) is 6. The predicted octanol–water partition coefficient (Wildman–Crippen LogP) is 4.04. The third-order valence-corrected chi connectivity index (χ3v) is 8.18. The molecule has 11 nitrogen and oxygen atoms in total. The highest BCUT2D eigenvalue weighted by molar-refractivity contribution is 5.97. The first kappa shape index (κ1) is 33.1. The standard InChI is InChI=1S/C29H44FN7O2.CH2O2/c1-6-37(21(4)5)28(38)23-15-22(30)10-11-25(23)39-27-26(32-19-33-34-27)35-14-12-29(16-35)17-36(18-29)24(20(2)3)9-7-8-13-31;2-1-3/h10-11,15,19-21,24H,6-9,12-14,16-18,31H2,1-5H3;1H,(H,2,3). The van der Waals surface area contributed by atoms with E-state index < -0.39 is 5.82 Å². The number of amides is 1. The molecule has 1 aromatic heterocycles. The molecule has 0 aliphatic carbocycles. The Kier molecular flexibility index (Phi) is 12.0. The lowest BCUT2D eigenvalue weighted by atomic mass is 9.76. The lowest BCUT2D eigenvalue weighted by molar-refractivity contribution is -0.122. The molecule has 0 saturated carbocycles. The number of halogens is 1. The van der Waals surface area contributed by atoms with Gasteiger partial charge in [0.25, 0.3) is 18.3 Å². The van der Waals surface area contributed by atoms with Crippen molar-refractivity contribution in [2.24, 2.45) is 17.1 Å². The Morgan fingerprint density at radius 1 is 1.24 bits per heavy atom. The van der Waals surface area contributed by atoms with Crippen LogP contribution >= 0.6 is 0 Å². The summed E-state index contributed by atoms with van der Waals surface area (Å²) in [6.07, 6.45) is 5.92. The lowest BCUT2D eigenvalue weighted by Crippen LogP contribution is -2.61. The van der Waals surface area contributed by atoms with Crippen LogP contribution in [0.5, 0.6) is 11.6 Å². The van der Waals surface area contributed by atoms with E-state index in [1.165, 1.54) is 37.4 Å². The Bertz CT molecular complexity index is 1180. The molecule has 2 saturated heterocycles. The number of ether oxygens (including phenoxy) is 1. The van der Waals surface area contributed by atoms with E-state index in [1.807, 2.05) is 20.8 Å². The molecule has 4 rings (SSSR count). The Balaban J connectivity index is 0.00000155. The lowest BCUT2D eigenvalue weighted by Gasteiger charge is -2.53. The van der Waals surface area contributed by atoms with Crippen LogP contribution in [0, 0.1) is 17.2 Å². The summed E-state index contributed by atoms with van der Waals surface area (Å²) >= 11 is 0. The van der Waals surface area contributed by atoms with E-state index in [9.17, 15) is 9.18 Å². The second-order valence-electron chi connectivity index (χ2n) is 11.8. The predicted molar refractivity (Wildman–Crippen MR) is 159 cm³/mol. The van der Waals surface area contributed by atoms with Gasteiger partial charge in [-0.05, 0) is 70.7 Å². The number of benzene rings is 1. The zero-order valence-corrected chi connectivity index (χ0v) is 25.5. The van der Waals surface area contributed by atoms with Crippen LogP contribution in [0.4, 0.5) is 10.2 Å². The number of carbonyl (C=O) groups is 2. The van der Waals surface area contributed by atoms with E-state index in [0.717, 1.165) is 45.6 Å². The van der Waals surface area contributed by atoms with Crippen LogP contribution in [0.25, 0.3) is 0 Å². The smallest absolute Gasteiger partial charge is 0.290 e. The molecule has 1 atom stereocenters. The molecule has 0 radical (unpaired) electrons. The van der Waals surface area contributed by atoms with E-state index in [2.05, 4.69) is 38.8 Å². The van der Waals surface area contributed by atoms with Crippen molar-refractivity contribution >= 4 is 18.2 Å². The van der Waals surface area contributed by atoms with Gasteiger partial charge in [0.05, 0.1) is 5.56 Å². The molecule has 1 aromatic carbocycles. The summed E-state index contributed by atoms with van der Waals surface area (Å²) in [7, 11) is 0. The van der Waals surface area contributed by atoms with E-state index in [0.29, 0.717) is 24.3 Å². The number of hydrogen-bond acceptors (Lipinski definition) is 9. The number of anilines is 1. The molecular weight excluding hydrogens is 541 g/mol. The van der Waals surface area contributed by atoms with E-state index >= 15 is 0 Å². The first-order chi connectivity index (χ1) is 20.1. The molecule has 2 aliphatic heterocycles. The summed E-state index contributed by atoms with van der Waals surface area (Å²) in [5.41, 5.74) is 6.10. The van der Waals surface area contributed by atoms with Crippen molar-refractivity contribution in [1.82, 2.24) is 25.0 Å². The summed E-state index contributed by atoms with van der Waals surface area (Å²) < 4.78 is 20.4. The van der Waals surface area contributed by atoms with Crippen molar-refractivity contribution in [3.05, 3.63) is 35.9 Å². The fraction of sp³-hybridized carbons (Fsp3) is 0.633. The first-order valence-corrected chi connectivity index (χ1v) is 14.8. The molecule has 1 amide bonds. The van der Waals surface area contributed by atoms with Crippen LogP contribution in [-0.4, -0.2) is 93.8 Å². The Morgan fingerprint density at radius 3 is 2.57 bits per heavy atom. The number of unbranched alkanes of at least 4 members (excludes halogenated alkanes) is 1. The summed E-state index contributed by atoms with van der Waals surface area (Å²) in [6.45, 7) is 15.2. The number of likely N-dealkylation sites (tertiary alicyclic amines) is 1. The third-order valence-electron chi connectivity index (χ3n) is 8.18. The second-order valence-corrected chi connectivity index (χ2v) is 11.8. The largest absolute Gasteiger partial charge is 0.483 e. The van der Waals surface area contributed by atoms with Crippen molar-refractivity contribution in [2.75, 3.05) is 44.2 Å². The number of nitrogens with two attached hydrogens (primary N) is 1. The fourth-order valence-corrected chi connectivity index (χ4v) is 6.16. The van der Waals surface area contributed by atoms with Gasteiger partial charge in [-0.15, -0.1) is 10.2 Å². The topological polar surface area (TPSA) is 138 Å². The summed E-state index contributed by atoms with van der Waals surface area (Å²) in [5, 5.41) is 15.1. The van der Waals surface area contributed by atoms with Gasteiger partial charge < -0.3 is 25.4 Å². The summed E-state index contributed by atoms with van der Waals surface area (Å²) in [4.78, 5) is 32.7. The van der Waals surface area contributed by atoms with Crippen LogP contribution in [-0.2, 0) is 4.79 Å². The minimum atomic E-state index is -0.498. The highest BCUT2D eigenvalue weighted by Gasteiger charge is 2.50. The van der Waals surface area contributed by atoms with Crippen LogP contribution in [0.15, 0.2) is 24.5 Å². The van der Waals surface area contributed by atoms with Gasteiger partial charge in [-0.1, -0.05) is 20.3 Å². The molecule has 2 fully saturated rings. The van der Waals surface area contributed by atoms with Gasteiger partial charge in [-0.25, -0.2) is 9.37 Å². The van der Waals surface area contributed by atoms with Gasteiger partial charge in [0.15, 0.2) is 5.82 Å². The van der Waals surface area contributed by atoms with Crippen LogP contribution in [0.3, 0.4) is 0 Å². The van der Waals surface area contributed by atoms with Crippen molar-refractivity contribution < 1.29 is 23.8 Å². The minimum Gasteiger partial charge on any atom is -0.483 e. The van der Waals surface area contributed by atoms with Crippen molar-refractivity contribution in [1.29, 1.82) is 0 Å². The number of hydrogen-bond donors (Lipinski definition) is 2. The van der Waals surface area contributed by atoms with E-state index in [1.54, 1.807) is 4.90 Å². The van der Waals surface area contributed by atoms with Crippen LogP contribution < -0.4 is 15.4 Å². The number of carboxylic acid groups (broad SMARTS) is 1. The molecular formula is C30H46FN7O4. The quantitative estimate of drug-likeness (QED) is 0.276. The van der Waals surface area contributed by atoms with E-state index in [4.69, 9.17) is 20.4 Å². The molecule has 3 N–H and O–H groups in total. The average Bonchev–Trinajstić information content (AvgIpc) is 3.38. The Morgan fingerprint density at radius 2 is 1.95 bits per heavy atom. The molecule has 0 bridgehead atoms. The minimum absolute atomic E-state index is 0.0360. The SMILES string of the molecule is CCN(C(=O)c1cc(F)ccc1Oc1nncnc1N1CCC2(C1)CN(C(CCCCN)C(C)C)C2)C(C)C.O=CO. The number of aromatic nitrogens is 3. The summed E-state index contributed by atoms with van der Waals surface area (Å²) in [6, 6.07) is 4.53. The maximum absolute atomic E-state index is 14.2. The molecule has 2 aromatic rings. The van der Waals surface area contributed by atoms with Gasteiger partial charge >= 0.3 is 0 Å². The number of rotatable bonds is 12. The Labute approximate surface area is 248 Å². The van der Waals surface area contributed by atoms with Gasteiger partial charge in [0, 0.05) is 50.2 Å². The van der Waals surface area contributed by atoms with Gasteiger partial charge in [-0.2, -0.15) is 0 Å². The number of carbonyl (C=O) groups excluding carboxylic acids is 1. The zero-order valence-electron chi connectivity index (χ0n) is 25.5. The fourth-order valence-electron chi connectivity index (χ4n) is 6.16. The monoisotopic (exact) mass is 587 g/mol. The summed E-state index contributed by atoms with van der Waals surface area (Å²) in [5.74, 6) is 0.882. The third kappa shape index (κ3) is 7.91. The molecule has 232 valence electrons. The maximum Gasteiger partial charge on any atom is 0.290 e. The highest BCUT2D eigenvalue weighted by Crippen LogP contribution is 2.44. The molecule has 1 unspecified atom stereocenters. The van der Waals surface area contributed by atoms with Gasteiger partial charge in [0.2, 0.25) is 0 Å². The van der Waals surface area contributed by atoms with Crippen LogP contribution in [0.2, 0.25) is 0 Å². The average molecular weight is 588 g/mol. The van der Waals surface area contributed by atoms with Crippen molar-refractivity contribution in [2.45, 2.75) is 72.4 Å². The second kappa shape index (κ2) is 15.2. The molecule has 1 spiro atoms. The molecule has 2 aliphatic rings. The molecule has 42 heavy (non-hydrogen) atoms. The van der Waals surface area contributed by atoms with Crippen molar-refractivity contribution in [3.8, 4) is 11.6 Å². The first-order valence-electron chi connectivity index (χ1n) is 14.8.